The van der Waals surface area contributed by atoms with Crippen molar-refractivity contribution in [2.75, 3.05) is 37.7 Å². The van der Waals surface area contributed by atoms with Crippen molar-refractivity contribution in [1.29, 1.82) is 0 Å². The summed E-state index contributed by atoms with van der Waals surface area (Å²) >= 11 is 0. The van der Waals surface area contributed by atoms with Crippen LogP contribution in [0.3, 0.4) is 0 Å². The molecule has 0 atom stereocenters. The molecule has 3 aromatic rings. The van der Waals surface area contributed by atoms with Crippen LogP contribution in [0.25, 0.3) is 5.57 Å². The quantitative estimate of drug-likeness (QED) is 0.383. The van der Waals surface area contributed by atoms with E-state index in [-0.39, 0.29) is 24.6 Å². The third-order valence-electron chi connectivity index (χ3n) is 6.25. The second-order valence-electron chi connectivity index (χ2n) is 8.83. The number of halogens is 2. The zero-order valence-corrected chi connectivity index (χ0v) is 22.9. The van der Waals surface area contributed by atoms with Crippen molar-refractivity contribution in [2.45, 2.75) is 26.9 Å². The first-order valence-corrected chi connectivity index (χ1v) is 12.4. The third kappa shape index (κ3) is 5.37. The summed E-state index contributed by atoms with van der Waals surface area (Å²) < 4.78 is 46.7. The van der Waals surface area contributed by atoms with Gasteiger partial charge >= 0.3 is 6.03 Å². The molecule has 0 saturated heterocycles. The normalized spacial score (nSPS) is 13.8. The number of pyridine rings is 2. The Hall–Kier alpha value is -4.74. The molecule has 12 heteroatoms. The Balaban J connectivity index is 1.90. The van der Waals surface area contributed by atoms with Gasteiger partial charge in [0.2, 0.25) is 5.88 Å². The highest BCUT2D eigenvalue weighted by molar-refractivity contribution is 6.11. The molecule has 0 radical (unpaired) electrons. The fourth-order valence-electron chi connectivity index (χ4n) is 4.37. The highest BCUT2D eigenvalue weighted by atomic mass is 19.1. The number of nitrogens with zero attached hydrogens (tertiary/aromatic N) is 5. The maximum atomic E-state index is 15.5. The number of carbonyl (C=O) groups is 1. The number of fused-ring (bicyclic) bond motifs is 1. The number of amides is 2. The van der Waals surface area contributed by atoms with Crippen LogP contribution in [0.4, 0.5) is 25.0 Å². The molecule has 2 N–H and O–H groups in total. The summed E-state index contributed by atoms with van der Waals surface area (Å²) in [6.07, 6.45) is 4.69. The third-order valence-corrected chi connectivity index (χ3v) is 6.25. The molecule has 2 aromatic heterocycles. The first-order valence-electron chi connectivity index (χ1n) is 12.4. The van der Waals surface area contributed by atoms with Gasteiger partial charge in [-0.3, -0.25) is 19.8 Å². The van der Waals surface area contributed by atoms with Gasteiger partial charge in [0.25, 0.3) is 0 Å². The van der Waals surface area contributed by atoms with Crippen LogP contribution in [0.15, 0.2) is 47.3 Å². The summed E-state index contributed by atoms with van der Waals surface area (Å²) in [6, 6.07) is 5.55. The number of nitrogens with two attached hydrogens (primary N) is 1. The van der Waals surface area contributed by atoms with Crippen LogP contribution in [0.2, 0.25) is 0 Å². The smallest absolute Gasteiger partial charge is 0.329 e. The number of methoxy groups -OCH3 is 2. The van der Waals surface area contributed by atoms with Gasteiger partial charge in [-0.05, 0) is 31.5 Å². The number of urea groups is 1. The van der Waals surface area contributed by atoms with E-state index in [4.69, 9.17) is 19.9 Å². The fraction of sp³-hybridized carbons (Fsp3) is 0.286. The van der Waals surface area contributed by atoms with Gasteiger partial charge in [0.15, 0.2) is 23.1 Å². The van der Waals surface area contributed by atoms with E-state index >= 15 is 8.78 Å². The number of benzene rings is 1. The van der Waals surface area contributed by atoms with Crippen molar-refractivity contribution in [3.8, 4) is 17.4 Å². The van der Waals surface area contributed by atoms with E-state index in [0.29, 0.717) is 46.3 Å². The van der Waals surface area contributed by atoms with Crippen LogP contribution >= 0.6 is 0 Å². The molecule has 0 spiro atoms. The van der Waals surface area contributed by atoms with Gasteiger partial charge < -0.3 is 19.9 Å². The number of aromatic nitrogens is 2. The van der Waals surface area contributed by atoms with E-state index < -0.39 is 23.4 Å². The van der Waals surface area contributed by atoms with Gasteiger partial charge in [-0.25, -0.2) is 18.6 Å². The average Bonchev–Trinajstić information content (AvgIpc) is 2.94. The number of aliphatic imine (C=N–C) groups is 1. The summed E-state index contributed by atoms with van der Waals surface area (Å²) in [5.74, 6) is -2.22. The number of allylic oxidation sites excluding steroid dienone is 2. The van der Waals surface area contributed by atoms with Crippen molar-refractivity contribution >= 4 is 29.2 Å². The second kappa shape index (κ2) is 12.0. The standard InChI is InChI=1S/C28H30F2N6O4/c1-6-40-24-9-17(7-8-33-24)14-35-21-10-20(19(13-32-3)16(2)31)34-12-18(21)15-36(28(35)37)27-25(29)22(38-4)11-23(39-5)26(27)30/h7-13H,6,14-15,31H2,1-5H3. The van der Waals surface area contributed by atoms with Gasteiger partial charge in [0.1, 0.15) is 5.69 Å². The molecule has 1 aromatic carbocycles. The van der Waals surface area contributed by atoms with Gasteiger partial charge in [0.05, 0.1) is 45.3 Å². The molecular formula is C28H30F2N6O4. The maximum Gasteiger partial charge on any atom is 0.329 e. The maximum absolute atomic E-state index is 15.5. The van der Waals surface area contributed by atoms with Crippen molar-refractivity contribution in [2.24, 2.45) is 10.7 Å². The summed E-state index contributed by atoms with van der Waals surface area (Å²) in [5, 5.41) is 0. The van der Waals surface area contributed by atoms with Gasteiger partial charge in [-0.1, -0.05) is 0 Å². The first kappa shape index (κ1) is 28.3. The second-order valence-corrected chi connectivity index (χ2v) is 8.83. The van der Waals surface area contributed by atoms with Crippen LogP contribution in [0.5, 0.6) is 17.4 Å². The number of hydrogen-bond donors (Lipinski definition) is 1. The average molecular weight is 553 g/mol. The minimum Gasteiger partial charge on any atom is -0.493 e. The van der Waals surface area contributed by atoms with Crippen LogP contribution in [0.1, 0.15) is 30.7 Å². The summed E-state index contributed by atoms with van der Waals surface area (Å²) in [4.78, 5) is 29.2. The molecule has 0 fully saturated rings. The number of hydrogen-bond acceptors (Lipinski definition) is 8. The molecular weight excluding hydrogens is 522 g/mol. The summed E-state index contributed by atoms with van der Waals surface area (Å²) in [5.41, 5.74) is 8.76. The Kier molecular flexibility index (Phi) is 8.46. The lowest BCUT2D eigenvalue weighted by Gasteiger charge is -2.37. The predicted molar refractivity (Wildman–Crippen MR) is 148 cm³/mol. The van der Waals surface area contributed by atoms with Crippen molar-refractivity contribution < 1.29 is 27.8 Å². The highest BCUT2D eigenvalue weighted by Gasteiger charge is 2.37. The number of anilines is 2. The molecule has 0 bridgehead atoms. The van der Waals surface area contributed by atoms with E-state index in [2.05, 4.69) is 15.0 Å². The number of carbonyl (C=O) groups excluding carboxylic acids is 1. The van der Waals surface area contributed by atoms with E-state index in [1.807, 2.05) is 6.92 Å². The molecule has 3 heterocycles. The van der Waals surface area contributed by atoms with Crippen molar-refractivity contribution in [3.63, 3.8) is 0 Å². The molecule has 2 amide bonds. The van der Waals surface area contributed by atoms with Gasteiger partial charge in [-0.2, -0.15) is 0 Å². The first-order chi connectivity index (χ1) is 19.2. The van der Waals surface area contributed by atoms with Crippen molar-refractivity contribution in [3.05, 3.63) is 70.8 Å². The Morgan fingerprint density at radius 2 is 1.85 bits per heavy atom. The number of ether oxygens (including phenoxy) is 3. The lowest BCUT2D eigenvalue weighted by Crippen LogP contribution is -2.47. The highest BCUT2D eigenvalue weighted by Crippen LogP contribution is 2.41. The monoisotopic (exact) mass is 552 g/mol. The zero-order valence-electron chi connectivity index (χ0n) is 22.9. The zero-order chi connectivity index (χ0) is 29.0. The molecule has 1 aliphatic heterocycles. The Labute approximate surface area is 230 Å². The molecule has 1 aliphatic rings. The summed E-state index contributed by atoms with van der Waals surface area (Å²) in [7, 11) is 4.10. The van der Waals surface area contributed by atoms with Crippen LogP contribution in [-0.4, -0.2) is 50.1 Å². The Morgan fingerprint density at radius 1 is 1.15 bits per heavy atom. The van der Waals surface area contributed by atoms with Crippen LogP contribution in [-0.2, 0) is 13.1 Å². The summed E-state index contributed by atoms with van der Waals surface area (Å²) in [6.45, 7) is 3.84. The van der Waals surface area contributed by atoms with Crippen LogP contribution in [0, 0.1) is 11.6 Å². The van der Waals surface area contributed by atoms with E-state index in [9.17, 15) is 4.79 Å². The van der Waals surface area contributed by atoms with Gasteiger partial charge in [0, 0.05) is 54.6 Å². The molecule has 10 nitrogen and oxygen atoms in total. The Bertz CT molecular complexity index is 1460. The fourth-order valence-corrected chi connectivity index (χ4v) is 4.37. The molecule has 210 valence electrons. The van der Waals surface area contributed by atoms with Gasteiger partial charge in [-0.15, -0.1) is 0 Å². The lowest BCUT2D eigenvalue weighted by molar-refractivity contribution is 0.249. The largest absolute Gasteiger partial charge is 0.493 e. The minimum atomic E-state index is -1.03. The SMILES string of the molecule is CCOc1cc(CN2C(=O)N(c3c(F)c(OC)cc(OC)c3F)Cc3cnc(C(C=NC)=C(C)N)cc32)ccn1. The minimum absolute atomic E-state index is 0.0429. The van der Waals surface area contributed by atoms with E-state index in [1.54, 1.807) is 50.8 Å². The van der Waals surface area contributed by atoms with Crippen molar-refractivity contribution in [1.82, 2.24) is 9.97 Å². The molecule has 0 unspecified atom stereocenters. The van der Waals surface area contributed by atoms with E-state index in [0.717, 1.165) is 11.0 Å². The molecule has 0 aliphatic carbocycles. The number of rotatable bonds is 9. The lowest BCUT2D eigenvalue weighted by atomic mass is 10.0. The molecule has 0 saturated carbocycles. The Morgan fingerprint density at radius 3 is 2.45 bits per heavy atom. The molecule has 4 rings (SSSR count). The van der Waals surface area contributed by atoms with E-state index in [1.165, 1.54) is 19.1 Å². The molecule has 40 heavy (non-hydrogen) atoms. The topological polar surface area (TPSA) is 115 Å². The predicted octanol–water partition coefficient (Wildman–Crippen LogP) is 4.71. The van der Waals surface area contributed by atoms with Crippen LogP contribution < -0.4 is 29.7 Å².